The van der Waals surface area contributed by atoms with Gasteiger partial charge in [0.15, 0.2) is 11.5 Å². The number of rotatable bonds is 5. The smallest absolute Gasteiger partial charge is 0.231 e. The summed E-state index contributed by atoms with van der Waals surface area (Å²) in [7, 11) is 0. The molecule has 1 aliphatic rings. The van der Waals surface area contributed by atoms with Crippen molar-refractivity contribution in [1.29, 1.82) is 0 Å². The van der Waals surface area contributed by atoms with Crippen molar-refractivity contribution in [3.8, 4) is 17.3 Å². The SMILES string of the molecule is Cc1nccn1-c1cc(CNCc2cccc3c2OCO3)ccn1.Cl. The fourth-order valence-corrected chi connectivity index (χ4v) is 2.79. The van der Waals surface area contributed by atoms with Crippen LogP contribution in [-0.4, -0.2) is 21.3 Å². The number of nitrogens with one attached hydrogen (secondary N) is 1. The van der Waals surface area contributed by atoms with E-state index < -0.39 is 0 Å². The number of aromatic nitrogens is 3. The Morgan fingerprint density at radius 3 is 2.88 bits per heavy atom. The van der Waals surface area contributed by atoms with Gasteiger partial charge in [0.2, 0.25) is 6.79 Å². The third-order valence-electron chi connectivity index (χ3n) is 4.01. The molecule has 0 amide bonds. The van der Waals surface area contributed by atoms with Crippen molar-refractivity contribution in [2.75, 3.05) is 6.79 Å². The topological polar surface area (TPSA) is 61.2 Å². The van der Waals surface area contributed by atoms with Gasteiger partial charge in [0.1, 0.15) is 11.6 Å². The predicted octanol–water partition coefficient (Wildman–Crippen LogP) is 3.02. The summed E-state index contributed by atoms with van der Waals surface area (Å²) in [6.45, 7) is 3.72. The lowest BCUT2D eigenvalue weighted by atomic mass is 10.2. The molecule has 0 radical (unpaired) electrons. The zero-order valence-corrected chi connectivity index (χ0v) is 14.6. The van der Waals surface area contributed by atoms with E-state index in [1.807, 2.05) is 48.1 Å². The second kappa shape index (κ2) is 7.55. The Kier molecular flexibility index (Phi) is 5.21. The number of ether oxygens (including phenoxy) is 2. The molecule has 0 aliphatic carbocycles. The molecule has 130 valence electrons. The zero-order valence-electron chi connectivity index (χ0n) is 13.8. The van der Waals surface area contributed by atoms with E-state index in [4.69, 9.17) is 9.47 Å². The summed E-state index contributed by atoms with van der Waals surface area (Å²) >= 11 is 0. The van der Waals surface area contributed by atoms with E-state index in [1.54, 1.807) is 6.20 Å². The van der Waals surface area contributed by atoms with Gasteiger partial charge in [-0.15, -0.1) is 12.4 Å². The lowest BCUT2D eigenvalue weighted by molar-refractivity contribution is 0.173. The number of fused-ring (bicyclic) bond motifs is 1. The first kappa shape index (κ1) is 17.3. The molecule has 0 unspecified atom stereocenters. The van der Waals surface area contributed by atoms with Crippen LogP contribution in [0.1, 0.15) is 17.0 Å². The van der Waals surface area contributed by atoms with Crippen molar-refractivity contribution in [2.45, 2.75) is 20.0 Å². The normalized spacial score (nSPS) is 12.0. The van der Waals surface area contributed by atoms with Gasteiger partial charge in [0.05, 0.1) is 0 Å². The average Bonchev–Trinajstić information content (AvgIpc) is 3.24. The average molecular weight is 359 g/mol. The molecule has 1 aliphatic heterocycles. The molecular weight excluding hydrogens is 340 g/mol. The Balaban J connectivity index is 0.00000182. The van der Waals surface area contributed by atoms with Gasteiger partial charge in [-0.25, -0.2) is 9.97 Å². The van der Waals surface area contributed by atoms with E-state index >= 15 is 0 Å². The first-order chi connectivity index (χ1) is 11.8. The standard InChI is InChI=1S/C18H18N4O2.ClH/c1-13-20-7-8-22(13)17-9-14(5-6-21-17)10-19-11-15-3-2-4-16-18(15)24-12-23-16;/h2-9,19H,10-12H2,1H3;1H. The molecule has 6 nitrogen and oxygen atoms in total. The molecule has 1 N–H and O–H groups in total. The van der Waals surface area contributed by atoms with Crippen molar-refractivity contribution < 1.29 is 9.47 Å². The minimum absolute atomic E-state index is 0. The quantitative estimate of drug-likeness (QED) is 0.759. The number of aryl methyl sites for hydroxylation is 1. The van der Waals surface area contributed by atoms with Crippen molar-refractivity contribution in [3.05, 3.63) is 65.9 Å². The van der Waals surface area contributed by atoms with Crippen LogP contribution >= 0.6 is 12.4 Å². The predicted molar refractivity (Wildman–Crippen MR) is 96.5 cm³/mol. The van der Waals surface area contributed by atoms with E-state index in [1.165, 1.54) is 0 Å². The maximum Gasteiger partial charge on any atom is 0.231 e. The van der Waals surface area contributed by atoms with Crippen molar-refractivity contribution >= 4 is 12.4 Å². The van der Waals surface area contributed by atoms with Crippen molar-refractivity contribution in [3.63, 3.8) is 0 Å². The highest BCUT2D eigenvalue weighted by atomic mass is 35.5. The van der Waals surface area contributed by atoms with Crippen LogP contribution in [0.15, 0.2) is 48.9 Å². The number of halogens is 1. The second-order valence-corrected chi connectivity index (χ2v) is 5.62. The molecular formula is C18H19ClN4O2. The second-order valence-electron chi connectivity index (χ2n) is 5.62. The van der Waals surface area contributed by atoms with Gasteiger partial charge in [-0.1, -0.05) is 12.1 Å². The van der Waals surface area contributed by atoms with Crippen LogP contribution in [-0.2, 0) is 13.1 Å². The minimum Gasteiger partial charge on any atom is -0.454 e. The van der Waals surface area contributed by atoms with Crippen LogP contribution in [0.25, 0.3) is 5.82 Å². The summed E-state index contributed by atoms with van der Waals surface area (Å²) in [5.74, 6) is 3.46. The number of pyridine rings is 1. The molecule has 3 aromatic rings. The van der Waals surface area contributed by atoms with Crippen molar-refractivity contribution in [2.24, 2.45) is 0 Å². The number of nitrogens with zero attached hydrogens (tertiary/aromatic N) is 3. The molecule has 25 heavy (non-hydrogen) atoms. The van der Waals surface area contributed by atoms with Gasteiger partial charge < -0.3 is 14.8 Å². The third kappa shape index (κ3) is 3.60. The number of imidazole rings is 1. The van der Waals surface area contributed by atoms with Crippen LogP contribution in [0.5, 0.6) is 11.5 Å². The Morgan fingerprint density at radius 1 is 1.12 bits per heavy atom. The van der Waals surface area contributed by atoms with E-state index in [0.29, 0.717) is 13.3 Å². The maximum atomic E-state index is 5.53. The first-order valence-corrected chi connectivity index (χ1v) is 7.85. The number of benzene rings is 1. The summed E-state index contributed by atoms with van der Waals surface area (Å²) in [5, 5.41) is 3.45. The Morgan fingerprint density at radius 2 is 2.04 bits per heavy atom. The van der Waals surface area contributed by atoms with Crippen LogP contribution < -0.4 is 14.8 Å². The highest BCUT2D eigenvalue weighted by molar-refractivity contribution is 5.85. The lowest BCUT2D eigenvalue weighted by Crippen LogP contribution is -2.13. The number of hydrogen-bond donors (Lipinski definition) is 1. The number of para-hydroxylation sites is 1. The van der Waals surface area contributed by atoms with E-state index in [9.17, 15) is 0 Å². The van der Waals surface area contributed by atoms with Crippen LogP contribution in [0.2, 0.25) is 0 Å². The zero-order chi connectivity index (χ0) is 16.4. The maximum absolute atomic E-state index is 5.53. The molecule has 0 fully saturated rings. The molecule has 2 aromatic heterocycles. The molecule has 0 atom stereocenters. The summed E-state index contributed by atoms with van der Waals surface area (Å²) in [6, 6.07) is 10.0. The van der Waals surface area contributed by atoms with Crippen LogP contribution in [0.3, 0.4) is 0 Å². The first-order valence-electron chi connectivity index (χ1n) is 7.85. The van der Waals surface area contributed by atoms with Crippen LogP contribution in [0, 0.1) is 6.92 Å². The van der Waals surface area contributed by atoms with Gasteiger partial charge >= 0.3 is 0 Å². The van der Waals surface area contributed by atoms with Crippen LogP contribution in [0.4, 0.5) is 0 Å². The van der Waals surface area contributed by atoms with Gasteiger partial charge in [-0.05, 0) is 30.7 Å². The summed E-state index contributed by atoms with van der Waals surface area (Å²) < 4.78 is 12.9. The third-order valence-corrected chi connectivity index (χ3v) is 4.01. The van der Waals surface area contributed by atoms with Gasteiger partial charge in [0, 0.05) is 37.2 Å². The molecule has 0 spiro atoms. The Labute approximate surface area is 152 Å². The van der Waals surface area contributed by atoms with Gasteiger partial charge in [-0.2, -0.15) is 0 Å². The van der Waals surface area contributed by atoms with Gasteiger partial charge in [-0.3, -0.25) is 4.57 Å². The van der Waals surface area contributed by atoms with E-state index in [2.05, 4.69) is 21.4 Å². The molecule has 3 heterocycles. The highest BCUT2D eigenvalue weighted by Crippen LogP contribution is 2.35. The summed E-state index contributed by atoms with van der Waals surface area (Å²) in [5.41, 5.74) is 2.27. The molecule has 7 heteroatoms. The summed E-state index contributed by atoms with van der Waals surface area (Å²) in [6.07, 6.45) is 5.52. The van der Waals surface area contributed by atoms with Crippen molar-refractivity contribution in [1.82, 2.24) is 19.9 Å². The molecule has 0 saturated carbocycles. The fraction of sp³-hybridized carbons (Fsp3) is 0.222. The van der Waals surface area contributed by atoms with E-state index in [-0.39, 0.29) is 12.4 Å². The Hall–Kier alpha value is -2.57. The highest BCUT2D eigenvalue weighted by Gasteiger charge is 2.16. The van der Waals surface area contributed by atoms with Gasteiger partial charge in [0.25, 0.3) is 0 Å². The number of hydrogen-bond acceptors (Lipinski definition) is 5. The largest absolute Gasteiger partial charge is 0.454 e. The van der Waals surface area contributed by atoms with E-state index in [0.717, 1.165) is 40.8 Å². The molecule has 4 rings (SSSR count). The molecule has 0 saturated heterocycles. The molecule has 0 bridgehead atoms. The fourth-order valence-electron chi connectivity index (χ4n) is 2.79. The Bertz CT molecular complexity index is 866. The lowest BCUT2D eigenvalue weighted by Gasteiger charge is -2.09. The monoisotopic (exact) mass is 358 g/mol. The minimum atomic E-state index is 0. The summed E-state index contributed by atoms with van der Waals surface area (Å²) in [4.78, 5) is 8.65. The molecule has 1 aromatic carbocycles.